The molecule has 2 nitrogen and oxygen atoms in total. The fourth-order valence-corrected chi connectivity index (χ4v) is 1.59. The monoisotopic (exact) mass is 214 g/mol. The van der Waals surface area contributed by atoms with Gasteiger partial charge in [-0.3, -0.25) is 0 Å². The van der Waals surface area contributed by atoms with Crippen LogP contribution in [0.3, 0.4) is 0 Å². The van der Waals surface area contributed by atoms with Crippen LogP contribution >= 0.6 is 11.6 Å². The molecule has 0 aliphatic carbocycles. The molecule has 0 aliphatic heterocycles. The lowest BCUT2D eigenvalue weighted by Gasteiger charge is -2.10. The van der Waals surface area contributed by atoms with Crippen LogP contribution in [-0.2, 0) is 6.42 Å². The van der Waals surface area contributed by atoms with Crippen LogP contribution in [0, 0.1) is 0 Å². The number of halogens is 1. The van der Waals surface area contributed by atoms with E-state index >= 15 is 0 Å². The first-order valence-electron chi connectivity index (χ1n) is 4.64. The minimum atomic E-state index is -0.309. The number of hydrogen-bond acceptors (Lipinski definition) is 2. The molecular formula is C11H15ClO2. The lowest BCUT2D eigenvalue weighted by molar-refractivity contribution is 0.184. The quantitative estimate of drug-likeness (QED) is 0.835. The summed E-state index contributed by atoms with van der Waals surface area (Å²) in [5, 5.41) is 9.88. The maximum atomic E-state index is 9.18. The van der Waals surface area contributed by atoms with Crippen LogP contribution in [0.1, 0.15) is 18.9 Å². The molecule has 0 spiro atoms. The highest BCUT2D eigenvalue weighted by molar-refractivity contribution is 6.31. The summed E-state index contributed by atoms with van der Waals surface area (Å²) in [6.45, 7) is 1.77. The molecule has 1 atom stereocenters. The number of hydrogen-bond donors (Lipinski definition) is 1. The van der Waals surface area contributed by atoms with Crippen molar-refractivity contribution in [3.8, 4) is 5.75 Å². The van der Waals surface area contributed by atoms with Crippen LogP contribution in [0.5, 0.6) is 5.75 Å². The number of benzene rings is 1. The van der Waals surface area contributed by atoms with Gasteiger partial charge < -0.3 is 9.84 Å². The number of aliphatic hydroxyl groups is 1. The van der Waals surface area contributed by atoms with Crippen molar-refractivity contribution >= 4 is 11.6 Å². The van der Waals surface area contributed by atoms with Gasteiger partial charge in [0.15, 0.2) is 0 Å². The summed E-state index contributed by atoms with van der Waals surface area (Å²) in [4.78, 5) is 0. The van der Waals surface area contributed by atoms with Crippen molar-refractivity contribution in [3.05, 3.63) is 28.8 Å². The summed E-state index contributed by atoms with van der Waals surface area (Å²) in [6, 6.07) is 5.57. The molecule has 1 unspecified atom stereocenters. The summed E-state index contributed by atoms with van der Waals surface area (Å²) in [5.41, 5.74) is 0.970. The van der Waals surface area contributed by atoms with E-state index in [1.807, 2.05) is 18.2 Å². The van der Waals surface area contributed by atoms with Crippen LogP contribution in [0.15, 0.2) is 18.2 Å². The Morgan fingerprint density at radius 3 is 2.79 bits per heavy atom. The molecule has 0 amide bonds. The van der Waals surface area contributed by atoms with Crippen molar-refractivity contribution in [2.75, 3.05) is 7.11 Å². The van der Waals surface area contributed by atoms with Crippen molar-refractivity contribution < 1.29 is 9.84 Å². The standard InChI is InChI=1S/C11H15ClO2/c1-8(13)6-7-9-10(12)4-3-5-11(9)14-2/h3-5,8,13H,6-7H2,1-2H3. The zero-order valence-electron chi connectivity index (χ0n) is 8.46. The van der Waals surface area contributed by atoms with Gasteiger partial charge in [-0.05, 0) is 31.9 Å². The van der Waals surface area contributed by atoms with Gasteiger partial charge in [-0.25, -0.2) is 0 Å². The number of methoxy groups -OCH3 is 1. The first-order chi connectivity index (χ1) is 6.65. The van der Waals surface area contributed by atoms with Crippen molar-refractivity contribution in [1.29, 1.82) is 0 Å². The topological polar surface area (TPSA) is 29.5 Å². The van der Waals surface area contributed by atoms with Gasteiger partial charge in [0.2, 0.25) is 0 Å². The van der Waals surface area contributed by atoms with Crippen molar-refractivity contribution in [2.45, 2.75) is 25.9 Å². The van der Waals surface area contributed by atoms with Gasteiger partial charge in [0.05, 0.1) is 13.2 Å². The highest BCUT2D eigenvalue weighted by Gasteiger charge is 2.08. The second-order valence-electron chi connectivity index (χ2n) is 3.31. The maximum Gasteiger partial charge on any atom is 0.123 e. The van der Waals surface area contributed by atoms with Crippen LogP contribution < -0.4 is 4.74 Å². The first-order valence-corrected chi connectivity index (χ1v) is 5.02. The fraction of sp³-hybridized carbons (Fsp3) is 0.455. The van der Waals surface area contributed by atoms with Gasteiger partial charge in [0, 0.05) is 10.6 Å². The van der Waals surface area contributed by atoms with E-state index in [-0.39, 0.29) is 6.10 Å². The molecule has 78 valence electrons. The lowest BCUT2D eigenvalue weighted by Crippen LogP contribution is -2.03. The highest BCUT2D eigenvalue weighted by atomic mass is 35.5. The largest absolute Gasteiger partial charge is 0.496 e. The molecule has 0 saturated carbocycles. The fourth-order valence-electron chi connectivity index (χ4n) is 1.33. The second kappa shape index (κ2) is 5.23. The van der Waals surface area contributed by atoms with E-state index in [0.717, 1.165) is 17.7 Å². The van der Waals surface area contributed by atoms with E-state index in [2.05, 4.69) is 0 Å². The van der Waals surface area contributed by atoms with E-state index in [4.69, 9.17) is 16.3 Å². The van der Waals surface area contributed by atoms with Gasteiger partial charge in [0.25, 0.3) is 0 Å². The smallest absolute Gasteiger partial charge is 0.123 e. The van der Waals surface area contributed by atoms with Gasteiger partial charge in [-0.1, -0.05) is 17.7 Å². The zero-order valence-corrected chi connectivity index (χ0v) is 9.21. The van der Waals surface area contributed by atoms with Gasteiger partial charge in [-0.15, -0.1) is 0 Å². The van der Waals surface area contributed by atoms with Gasteiger partial charge in [-0.2, -0.15) is 0 Å². The third kappa shape index (κ3) is 2.89. The van der Waals surface area contributed by atoms with E-state index in [1.165, 1.54) is 0 Å². The predicted octanol–water partition coefficient (Wildman–Crippen LogP) is 2.66. The van der Waals surface area contributed by atoms with Gasteiger partial charge in [0.1, 0.15) is 5.75 Å². The average Bonchev–Trinajstić information content (AvgIpc) is 2.15. The molecule has 1 aromatic carbocycles. The molecule has 0 radical (unpaired) electrons. The third-order valence-corrected chi connectivity index (χ3v) is 2.46. The Bertz CT molecular complexity index is 297. The minimum Gasteiger partial charge on any atom is -0.496 e. The number of aliphatic hydroxyl groups excluding tert-OH is 1. The van der Waals surface area contributed by atoms with Crippen LogP contribution in [-0.4, -0.2) is 18.3 Å². The van der Waals surface area contributed by atoms with E-state index in [9.17, 15) is 5.11 Å². The Kier molecular flexibility index (Phi) is 4.23. The maximum absolute atomic E-state index is 9.18. The highest BCUT2D eigenvalue weighted by Crippen LogP contribution is 2.27. The molecule has 0 bridgehead atoms. The van der Waals surface area contributed by atoms with Crippen LogP contribution in [0.4, 0.5) is 0 Å². The Balaban J connectivity index is 2.82. The second-order valence-corrected chi connectivity index (χ2v) is 3.72. The summed E-state index contributed by atoms with van der Waals surface area (Å²) < 4.78 is 5.19. The van der Waals surface area contributed by atoms with Crippen LogP contribution in [0.25, 0.3) is 0 Å². The van der Waals surface area contributed by atoms with Crippen molar-refractivity contribution in [1.82, 2.24) is 0 Å². The summed E-state index contributed by atoms with van der Waals surface area (Å²) in [7, 11) is 1.62. The molecule has 1 rings (SSSR count). The van der Waals surface area contributed by atoms with Gasteiger partial charge >= 0.3 is 0 Å². The van der Waals surface area contributed by atoms with Crippen molar-refractivity contribution in [3.63, 3.8) is 0 Å². The van der Waals surface area contributed by atoms with Crippen molar-refractivity contribution in [2.24, 2.45) is 0 Å². The lowest BCUT2D eigenvalue weighted by atomic mass is 10.1. The average molecular weight is 215 g/mol. The van der Waals surface area contributed by atoms with E-state index in [0.29, 0.717) is 11.4 Å². The SMILES string of the molecule is COc1cccc(Cl)c1CCC(C)O. The third-order valence-electron chi connectivity index (χ3n) is 2.11. The molecule has 0 aliphatic rings. The number of rotatable bonds is 4. The summed E-state index contributed by atoms with van der Waals surface area (Å²) in [6.07, 6.45) is 1.12. The molecule has 0 aromatic heterocycles. The first kappa shape index (κ1) is 11.3. The Hall–Kier alpha value is -0.730. The minimum absolute atomic E-state index is 0.309. The van der Waals surface area contributed by atoms with E-state index < -0.39 is 0 Å². The Labute approximate surface area is 89.5 Å². The Morgan fingerprint density at radius 1 is 1.50 bits per heavy atom. The predicted molar refractivity (Wildman–Crippen MR) is 58.0 cm³/mol. The van der Waals surface area contributed by atoms with E-state index in [1.54, 1.807) is 14.0 Å². The zero-order chi connectivity index (χ0) is 10.6. The normalized spacial score (nSPS) is 12.6. The molecule has 1 aromatic rings. The molecule has 0 fully saturated rings. The summed E-state index contributed by atoms with van der Waals surface area (Å²) >= 11 is 6.03. The molecule has 14 heavy (non-hydrogen) atoms. The molecular weight excluding hydrogens is 200 g/mol. The molecule has 3 heteroatoms. The molecule has 0 saturated heterocycles. The molecule has 1 N–H and O–H groups in total. The molecule has 0 heterocycles. The summed E-state index contributed by atoms with van der Waals surface area (Å²) in [5.74, 6) is 0.790. The van der Waals surface area contributed by atoms with Crippen LogP contribution in [0.2, 0.25) is 5.02 Å². The number of ether oxygens (including phenoxy) is 1. The Morgan fingerprint density at radius 2 is 2.21 bits per heavy atom.